The number of ether oxygens (including phenoxy) is 1. The zero-order chi connectivity index (χ0) is 7.49. The van der Waals surface area contributed by atoms with E-state index in [0.717, 1.165) is 0 Å². The van der Waals surface area contributed by atoms with Gasteiger partial charge in [-0.05, 0) is 6.92 Å². The van der Waals surface area contributed by atoms with E-state index in [1.165, 1.54) is 0 Å². The molecule has 0 fully saturated rings. The number of esters is 1. The van der Waals surface area contributed by atoms with Crippen molar-refractivity contribution < 1.29 is 22.7 Å². The molecule has 0 aromatic heterocycles. The monoisotopic (exact) mass is 141 g/mol. The molecule has 0 aliphatic rings. The average molecular weight is 141 g/mol. The van der Waals surface area contributed by atoms with Gasteiger partial charge in [0.1, 0.15) is 0 Å². The first kappa shape index (κ1) is 8.26. The third-order valence-electron chi connectivity index (χ3n) is 0.465. The zero-order valence-electron chi connectivity index (χ0n) is 4.36. The third-order valence-corrected chi connectivity index (χ3v) is 0.465. The van der Waals surface area contributed by atoms with E-state index in [4.69, 9.17) is 0 Å². The minimum atomic E-state index is -4.89. The summed E-state index contributed by atoms with van der Waals surface area (Å²) >= 11 is 0. The van der Waals surface area contributed by atoms with Crippen molar-refractivity contribution >= 4 is 5.97 Å². The van der Waals surface area contributed by atoms with Gasteiger partial charge < -0.3 is 4.74 Å². The second-order valence-electron chi connectivity index (χ2n) is 1.13. The number of hydrogen-bond acceptors (Lipinski definition) is 2. The van der Waals surface area contributed by atoms with Crippen molar-refractivity contribution in [2.45, 2.75) is 6.18 Å². The number of hydrogen-bond donors (Lipinski definition) is 0. The Morgan fingerprint density at radius 1 is 1.56 bits per heavy atom. The summed E-state index contributed by atoms with van der Waals surface area (Å²) in [6, 6.07) is 0. The SMILES string of the molecule is [CH2]COC(=O)C(F)(F)F. The minimum absolute atomic E-state index is 0.502. The lowest BCUT2D eigenvalue weighted by atomic mass is 10.7. The van der Waals surface area contributed by atoms with Crippen LogP contribution in [0.25, 0.3) is 0 Å². The van der Waals surface area contributed by atoms with Crippen LogP contribution in [0.1, 0.15) is 0 Å². The summed E-state index contributed by atoms with van der Waals surface area (Å²) in [5.74, 6) is -2.20. The van der Waals surface area contributed by atoms with Crippen molar-refractivity contribution in [3.05, 3.63) is 6.92 Å². The molecule has 0 saturated carbocycles. The molecule has 0 rings (SSSR count). The van der Waals surface area contributed by atoms with Crippen LogP contribution in [0.2, 0.25) is 0 Å². The van der Waals surface area contributed by atoms with Gasteiger partial charge in [-0.25, -0.2) is 4.79 Å². The summed E-state index contributed by atoms with van der Waals surface area (Å²) in [5, 5.41) is 0. The van der Waals surface area contributed by atoms with Crippen LogP contribution in [-0.2, 0) is 9.53 Å². The van der Waals surface area contributed by atoms with Gasteiger partial charge in [0.15, 0.2) is 0 Å². The molecular formula is C4H4F3O2. The van der Waals surface area contributed by atoms with Gasteiger partial charge in [0.2, 0.25) is 0 Å². The first-order chi connectivity index (χ1) is 3.98. The number of halogens is 3. The van der Waals surface area contributed by atoms with Gasteiger partial charge in [-0.1, -0.05) is 0 Å². The van der Waals surface area contributed by atoms with Crippen LogP contribution in [-0.4, -0.2) is 18.8 Å². The Morgan fingerprint density at radius 3 is 2.11 bits per heavy atom. The molecule has 1 radical (unpaired) electrons. The highest BCUT2D eigenvalue weighted by Crippen LogP contribution is 2.15. The van der Waals surface area contributed by atoms with Gasteiger partial charge in [0, 0.05) is 0 Å². The first-order valence-corrected chi connectivity index (χ1v) is 2.01. The summed E-state index contributed by atoms with van der Waals surface area (Å²) < 4.78 is 36.9. The van der Waals surface area contributed by atoms with Crippen LogP contribution in [0.5, 0.6) is 0 Å². The normalized spacial score (nSPS) is 11.1. The van der Waals surface area contributed by atoms with Crippen LogP contribution in [0, 0.1) is 6.92 Å². The summed E-state index contributed by atoms with van der Waals surface area (Å²) in [4.78, 5) is 9.68. The van der Waals surface area contributed by atoms with Crippen LogP contribution in [0.15, 0.2) is 0 Å². The van der Waals surface area contributed by atoms with Gasteiger partial charge in [0.25, 0.3) is 0 Å². The van der Waals surface area contributed by atoms with Gasteiger partial charge in [-0.15, -0.1) is 0 Å². The van der Waals surface area contributed by atoms with Gasteiger partial charge >= 0.3 is 12.1 Å². The lowest BCUT2D eigenvalue weighted by Crippen LogP contribution is -2.25. The van der Waals surface area contributed by atoms with Crippen molar-refractivity contribution in [2.75, 3.05) is 6.61 Å². The smallest absolute Gasteiger partial charge is 0.459 e. The molecule has 0 saturated heterocycles. The molecular weight excluding hydrogens is 137 g/mol. The molecule has 0 atom stereocenters. The highest BCUT2D eigenvalue weighted by atomic mass is 19.4. The van der Waals surface area contributed by atoms with Crippen LogP contribution in [0.4, 0.5) is 13.2 Å². The average Bonchev–Trinajstić information content (AvgIpc) is 1.64. The highest BCUT2D eigenvalue weighted by Gasteiger charge is 2.40. The lowest BCUT2D eigenvalue weighted by Gasteiger charge is -2.02. The van der Waals surface area contributed by atoms with E-state index in [1.807, 2.05) is 0 Å². The molecule has 0 N–H and O–H groups in total. The maximum Gasteiger partial charge on any atom is 0.490 e. The van der Waals surface area contributed by atoms with Crippen molar-refractivity contribution in [3.8, 4) is 0 Å². The molecule has 0 spiro atoms. The molecule has 53 valence electrons. The minimum Gasteiger partial charge on any atom is -0.459 e. The van der Waals surface area contributed by atoms with E-state index >= 15 is 0 Å². The van der Waals surface area contributed by atoms with Crippen molar-refractivity contribution in [1.82, 2.24) is 0 Å². The Bertz CT molecular complexity index is 107. The Morgan fingerprint density at radius 2 is 2.00 bits per heavy atom. The van der Waals surface area contributed by atoms with Crippen molar-refractivity contribution in [1.29, 1.82) is 0 Å². The predicted molar refractivity (Wildman–Crippen MR) is 22.4 cm³/mol. The maximum atomic E-state index is 11.1. The molecule has 0 aromatic rings. The molecule has 0 amide bonds. The second kappa shape index (κ2) is 2.70. The van der Waals surface area contributed by atoms with E-state index < -0.39 is 18.8 Å². The fraction of sp³-hybridized carbons (Fsp3) is 0.500. The zero-order valence-corrected chi connectivity index (χ0v) is 4.36. The number of carbonyl (C=O) groups excluding carboxylic acids is 1. The fourth-order valence-corrected chi connectivity index (χ4v) is 0.175. The summed E-state index contributed by atoms with van der Waals surface area (Å²) in [6.45, 7) is 2.39. The topological polar surface area (TPSA) is 26.3 Å². The Hall–Kier alpha value is -0.740. The third kappa shape index (κ3) is 2.94. The molecule has 0 heterocycles. The summed E-state index contributed by atoms with van der Waals surface area (Å²) in [5.41, 5.74) is 0. The Labute approximate surface area is 49.6 Å². The quantitative estimate of drug-likeness (QED) is 0.507. The van der Waals surface area contributed by atoms with Crippen LogP contribution < -0.4 is 0 Å². The van der Waals surface area contributed by atoms with E-state index in [1.54, 1.807) is 0 Å². The second-order valence-corrected chi connectivity index (χ2v) is 1.13. The van der Waals surface area contributed by atoms with Gasteiger partial charge in [-0.2, -0.15) is 13.2 Å². The molecule has 0 unspecified atom stereocenters. The highest BCUT2D eigenvalue weighted by molar-refractivity contribution is 5.75. The first-order valence-electron chi connectivity index (χ1n) is 2.01. The fourth-order valence-electron chi connectivity index (χ4n) is 0.175. The van der Waals surface area contributed by atoms with E-state index in [9.17, 15) is 18.0 Å². The molecule has 0 aliphatic heterocycles. The van der Waals surface area contributed by atoms with Crippen LogP contribution in [0.3, 0.4) is 0 Å². The van der Waals surface area contributed by atoms with E-state index in [-0.39, 0.29) is 0 Å². The lowest BCUT2D eigenvalue weighted by molar-refractivity contribution is -0.198. The predicted octanol–water partition coefficient (Wildman–Crippen LogP) is 0.926. The largest absolute Gasteiger partial charge is 0.490 e. The summed E-state index contributed by atoms with van der Waals surface area (Å²) in [6.07, 6.45) is -4.89. The van der Waals surface area contributed by atoms with Crippen LogP contribution >= 0.6 is 0 Å². The van der Waals surface area contributed by atoms with Gasteiger partial charge in [-0.3, -0.25) is 0 Å². The van der Waals surface area contributed by atoms with Crippen molar-refractivity contribution in [2.24, 2.45) is 0 Å². The molecule has 0 bridgehead atoms. The standard InChI is InChI=1S/C4H4F3O2/c1-2-9-3(8)4(5,6)7/h1-2H2. The Kier molecular flexibility index (Phi) is 2.48. The van der Waals surface area contributed by atoms with E-state index in [2.05, 4.69) is 11.7 Å². The Balaban J connectivity index is 3.74. The van der Waals surface area contributed by atoms with E-state index in [0.29, 0.717) is 0 Å². The number of alkyl halides is 3. The number of carbonyl (C=O) groups is 1. The molecule has 2 nitrogen and oxygen atoms in total. The summed E-state index contributed by atoms with van der Waals surface area (Å²) in [7, 11) is 0. The molecule has 5 heteroatoms. The molecule has 0 aliphatic carbocycles. The maximum absolute atomic E-state index is 11.1. The molecule has 0 aromatic carbocycles. The number of rotatable bonds is 1. The van der Waals surface area contributed by atoms with Crippen molar-refractivity contribution in [3.63, 3.8) is 0 Å². The van der Waals surface area contributed by atoms with Gasteiger partial charge in [0.05, 0.1) is 6.61 Å². The molecule has 9 heavy (non-hydrogen) atoms.